The van der Waals surface area contributed by atoms with Crippen molar-refractivity contribution in [1.29, 1.82) is 0 Å². The Balaban J connectivity index is 2.49. The number of rotatable bonds is 10. The van der Waals surface area contributed by atoms with E-state index < -0.39 is 0 Å². The molecule has 1 fully saturated rings. The molecule has 4 nitrogen and oxygen atoms in total. The van der Waals surface area contributed by atoms with Gasteiger partial charge in [0, 0.05) is 0 Å². The van der Waals surface area contributed by atoms with E-state index >= 15 is 0 Å². The Bertz CT molecular complexity index is 353. The van der Waals surface area contributed by atoms with Gasteiger partial charge in [0.1, 0.15) is 0 Å². The van der Waals surface area contributed by atoms with Crippen molar-refractivity contribution in [3.63, 3.8) is 0 Å². The molecule has 1 rings (SSSR count). The molecule has 0 aliphatic heterocycles. The van der Waals surface area contributed by atoms with Crippen LogP contribution in [0, 0.1) is 17.8 Å². The number of carbonyl (C=O) groups excluding carboxylic acids is 2. The lowest BCUT2D eigenvalue weighted by Crippen LogP contribution is -2.35. The maximum Gasteiger partial charge on any atom is 0.309 e. The minimum Gasteiger partial charge on any atom is -0.469 e. The third-order valence-electron chi connectivity index (χ3n) is 4.95. The fourth-order valence-corrected chi connectivity index (χ4v) is 3.56. The van der Waals surface area contributed by atoms with Gasteiger partial charge in [0.15, 0.2) is 0 Å². The molecule has 0 N–H and O–H groups in total. The highest BCUT2D eigenvalue weighted by molar-refractivity contribution is 5.82. The zero-order valence-corrected chi connectivity index (χ0v) is 15.1. The number of esters is 2. The number of hydrogen-bond donors (Lipinski definition) is 0. The van der Waals surface area contributed by atoms with E-state index in [1.54, 1.807) is 0 Å². The third-order valence-corrected chi connectivity index (χ3v) is 4.95. The van der Waals surface area contributed by atoms with E-state index in [1.165, 1.54) is 26.4 Å². The molecule has 0 aromatic heterocycles. The van der Waals surface area contributed by atoms with Gasteiger partial charge in [0.25, 0.3) is 0 Å². The number of ether oxygens (including phenoxy) is 2. The zero-order chi connectivity index (χ0) is 17.1. The first kappa shape index (κ1) is 20.0. The van der Waals surface area contributed by atoms with Gasteiger partial charge in [-0.3, -0.25) is 9.59 Å². The summed E-state index contributed by atoms with van der Waals surface area (Å²) in [4.78, 5) is 24.3. The molecule has 1 saturated carbocycles. The van der Waals surface area contributed by atoms with Crippen LogP contribution in [0.15, 0.2) is 0 Å². The first-order chi connectivity index (χ1) is 11.1. The second-order valence-corrected chi connectivity index (χ2v) is 6.80. The number of hydrogen-bond acceptors (Lipinski definition) is 4. The monoisotopic (exact) mass is 326 g/mol. The largest absolute Gasteiger partial charge is 0.469 e. The van der Waals surface area contributed by atoms with Crippen LogP contribution in [-0.2, 0) is 19.1 Å². The summed E-state index contributed by atoms with van der Waals surface area (Å²) in [5, 5.41) is 0. The highest BCUT2D eigenvalue weighted by Gasteiger charge is 2.37. The van der Waals surface area contributed by atoms with Gasteiger partial charge in [0.2, 0.25) is 0 Å². The van der Waals surface area contributed by atoms with E-state index in [0.29, 0.717) is 12.5 Å². The van der Waals surface area contributed by atoms with Crippen LogP contribution in [0.5, 0.6) is 0 Å². The van der Waals surface area contributed by atoms with Gasteiger partial charge >= 0.3 is 11.9 Å². The molecule has 0 amide bonds. The van der Waals surface area contributed by atoms with Crippen LogP contribution < -0.4 is 0 Å². The Morgan fingerprint density at radius 3 is 2.17 bits per heavy atom. The van der Waals surface area contributed by atoms with Crippen molar-refractivity contribution >= 4 is 11.9 Å². The van der Waals surface area contributed by atoms with Crippen molar-refractivity contribution in [3.8, 4) is 0 Å². The Hall–Kier alpha value is -1.06. The highest BCUT2D eigenvalue weighted by atomic mass is 16.5. The number of unbranched alkanes of at least 4 members (excludes halogenated alkanes) is 2. The van der Waals surface area contributed by atoms with Crippen molar-refractivity contribution in [1.82, 2.24) is 0 Å². The van der Waals surface area contributed by atoms with E-state index in [0.717, 1.165) is 44.9 Å². The van der Waals surface area contributed by atoms with Crippen LogP contribution in [0.4, 0.5) is 0 Å². The van der Waals surface area contributed by atoms with Crippen molar-refractivity contribution in [2.75, 3.05) is 13.7 Å². The van der Waals surface area contributed by atoms with Gasteiger partial charge in [-0.2, -0.15) is 0 Å². The summed E-state index contributed by atoms with van der Waals surface area (Å²) in [7, 11) is 1.39. The van der Waals surface area contributed by atoms with Gasteiger partial charge in [-0.05, 0) is 31.6 Å². The average molecular weight is 326 g/mol. The molecule has 0 aromatic rings. The topological polar surface area (TPSA) is 52.6 Å². The molecule has 23 heavy (non-hydrogen) atoms. The van der Waals surface area contributed by atoms with Crippen molar-refractivity contribution in [2.24, 2.45) is 17.8 Å². The highest BCUT2D eigenvalue weighted by Crippen LogP contribution is 2.32. The lowest BCUT2D eigenvalue weighted by Gasteiger charge is -2.28. The summed E-state index contributed by atoms with van der Waals surface area (Å²) >= 11 is 0. The Morgan fingerprint density at radius 1 is 0.957 bits per heavy atom. The number of methoxy groups -OCH3 is 1. The minimum absolute atomic E-state index is 0.198. The van der Waals surface area contributed by atoms with Gasteiger partial charge < -0.3 is 9.47 Å². The van der Waals surface area contributed by atoms with Gasteiger partial charge in [-0.25, -0.2) is 0 Å². The lowest BCUT2D eigenvalue weighted by molar-refractivity contribution is -0.162. The van der Waals surface area contributed by atoms with E-state index in [4.69, 9.17) is 9.47 Å². The quantitative estimate of drug-likeness (QED) is 0.438. The fraction of sp³-hybridized carbons (Fsp3) is 0.895. The van der Waals surface area contributed by atoms with Crippen molar-refractivity contribution in [2.45, 2.75) is 78.1 Å². The predicted octanol–water partition coefficient (Wildman–Crippen LogP) is 4.51. The lowest BCUT2D eigenvalue weighted by atomic mass is 9.79. The summed E-state index contributed by atoms with van der Waals surface area (Å²) in [6, 6.07) is 0. The Labute approximate surface area is 141 Å². The van der Waals surface area contributed by atoms with Gasteiger partial charge in [-0.15, -0.1) is 0 Å². The van der Waals surface area contributed by atoms with Crippen molar-refractivity contribution in [3.05, 3.63) is 0 Å². The van der Waals surface area contributed by atoms with Crippen LogP contribution >= 0.6 is 0 Å². The molecule has 0 saturated heterocycles. The molecule has 0 heterocycles. The molecule has 0 aromatic carbocycles. The first-order valence-electron chi connectivity index (χ1n) is 9.38. The molecule has 4 heteroatoms. The maximum absolute atomic E-state index is 12.4. The normalized spacial score (nSPS) is 22.4. The first-order valence-corrected chi connectivity index (χ1v) is 9.38. The van der Waals surface area contributed by atoms with E-state index in [1.807, 2.05) is 0 Å². The molecule has 1 aliphatic carbocycles. The van der Waals surface area contributed by atoms with Crippen LogP contribution in [0.25, 0.3) is 0 Å². The standard InChI is InChI=1S/C19H34O4/c1-4-6-7-11-15(10-5-2)14-23-19(21)17-13-9-8-12-16(17)18(20)22-3/h15-17H,4-14H2,1-3H3. The van der Waals surface area contributed by atoms with Gasteiger partial charge in [-0.1, -0.05) is 52.4 Å². The molecule has 3 unspecified atom stereocenters. The summed E-state index contributed by atoms with van der Waals surface area (Å²) in [5.74, 6) is -0.632. The molecule has 0 bridgehead atoms. The van der Waals surface area contributed by atoms with Crippen LogP contribution in [-0.4, -0.2) is 25.7 Å². The Kier molecular flexibility index (Phi) is 9.97. The molecule has 3 atom stereocenters. The predicted molar refractivity (Wildman–Crippen MR) is 91.0 cm³/mol. The van der Waals surface area contributed by atoms with Crippen LogP contribution in [0.2, 0.25) is 0 Å². The summed E-state index contributed by atoms with van der Waals surface area (Å²) < 4.78 is 10.5. The Morgan fingerprint density at radius 2 is 1.61 bits per heavy atom. The summed E-state index contributed by atoms with van der Waals surface area (Å²) in [6.07, 6.45) is 10.4. The maximum atomic E-state index is 12.4. The van der Waals surface area contributed by atoms with Crippen molar-refractivity contribution < 1.29 is 19.1 Å². The van der Waals surface area contributed by atoms with Crippen LogP contribution in [0.3, 0.4) is 0 Å². The third kappa shape index (κ3) is 6.92. The number of carbonyl (C=O) groups is 2. The van der Waals surface area contributed by atoms with Gasteiger partial charge in [0.05, 0.1) is 25.6 Å². The smallest absolute Gasteiger partial charge is 0.309 e. The molecular formula is C19H34O4. The summed E-state index contributed by atoms with van der Waals surface area (Å²) in [6.45, 7) is 4.87. The molecular weight excluding hydrogens is 292 g/mol. The van der Waals surface area contributed by atoms with Crippen LogP contribution in [0.1, 0.15) is 78.1 Å². The molecule has 0 spiro atoms. The molecule has 1 aliphatic rings. The van der Waals surface area contributed by atoms with E-state index in [2.05, 4.69) is 13.8 Å². The van der Waals surface area contributed by atoms with E-state index in [-0.39, 0.29) is 23.8 Å². The SMILES string of the molecule is CCCCCC(CCC)COC(=O)C1CCCCC1C(=O)OC. The molecule has 0 radical (unpaired) electrons. The molecule has 134 valence electrons. The van der Waals surface area contributed by atoms with E-state index in [9.17, 15) is 9.59 Å². The fourth-order valence-electron chi connectivity index (χ4n) is 3.56. The summed E-state index contributed by atoms with van der Waals surface area (Å²) in [5.41, 5.74) is 0. The second kappa shape index (κ2) is 11.5. The zero-order valence-electron chi connectivity index (χ0n) is 15.1. The minimum atomic E-state index is -0.314. The average Bonchev–Trinajstić information content (AvgIpc) is 2.58. The second-order valence-electron chi connectivity index (χ2n) is 6.80.